The average molecular weight is 539 g/mol. The monoisotopic (exact) mass is 538 g/mol. The van der Waals surface area contributed by atoms with Gasteiger partial charge in [0.1, 0.15) is 17.7 Å². The van der Waals surface area contributed by atoms with Gasteiger partial charge in [-0.3, -0.25) is 0 Å². The van der Waals surface area contributed by atoms with Gasteiger partial charge in [-0.15, -0.1) is 5.10 Å². The first-order chi connectivity index (χ1) is 20.2. The molecule has 0 saturated carbocycles. The van der Waals surface area contributed by atoms with E-state index < -0.39 is 17.4 Å². The minimum Gasteiger partial charge on any atom is -0.437 e. The Kier molecular flexibility index (Phi) is 5.08. The number of hydrogen-bond donors (Lipinski definition) is 0. The zero-order valence-electron chi connectivity index (χ0n) is 21.4. The number of rotatable bonds is 3. The lowest BCUT2D eigenvalue weighted by atomic mass is 9.84. The van der Waals surface area contributed by atoms with Crippen molar-refractivity contribution in [2.24, 2.45) is 0 Å². The lowest BCUT2D eigenvalue weighted by Crippen LogP contribution is -2.23. The van der Waals surface area contributed by atoms with Crippen molar-refractivity contribution in [2.45, 2.75) is 5.92 Å². The number of aromatic nitrogens is 4. The predicted molar refractivity (Wildman–Crippen MR) is 152 cm³/mol. The third-order valence-corrected chi connectivity index (χ3v) is 7.43. The Morgan fingerprint density at radius 3 is 2.29 bits per heavy atom. The van der Waals surface area contributed by atoms with Gasteiger partial charge in [-0.05, 0) is 29.3 Å². The summed E-state index contributed by atoms with van der Waals surface area (Å²) < 4.78 is 28.9. The van der Waals surface area contributed by atoms with E-state index in [1.165, 1.54) is 16.9 Å². The van der Waals surface area contributed by atoms with Crippen LogP contribution in [0, 0.1) is 5.82 Å². The zero-order chi connectivity index (χ0) is 27.5. The molecule has 4 heterocycles. The smallest absolute Gasteiger partial charge is 0.344 e. The Labute approximate surface area is 232 Å². The molecular weight excluding hydrogens is 519 g/mol. The number of para-hydroxylation sites is 1. The third kappa shape index (κ3) is 3.65. The van der Waals surface area contributed by atoms with Crippen molar-refractivity contribution in [1.29, 1.82) is 0 Å². The van der Waals surface area contributed by atoms with Gasteiger partial charge in [0.2, 0.25) is 5.88 Å². The van der Waals surface area contributed by atoms with E-state index in [2.05, 4.69) is 22.2 Å². The molecule has 0 bridgehead atoms. The summed E-state index contributed by atoms with van der Waals surface area (Å²) in [5.41, 5.74) is 4.05. The van der Waals surface area contributed by atoms with Crippen LogP contribution in [0.5, 0.6) is 11.6 Å². The second kappa shape index (κ2) is 8.96. The van der Waals surface area contributed by atoms with Crippen LogP contribution in [0.1, 0.15) is 22.6 Å². The van der Waals surface area contributed by atoms with Gasteiger partial charge < -0.3 is 9.15 Å². The summed E-state index contributed by atoms with van der Waals surface area (Å²) in [7, 11) is 0. The molecule has 1 aliphatic heterocycles. The maximum absolute atomic E-state index is 15.4. The SMILES string of the molecule is O=c1oc2ccccc2c2c1C(c1ccccc1F)c1c(ncn3nc(-c4ccc(-c5ccccc5)cc4)nc13)O2. The quantitative estimate of drug-likeness (QED) is 0.226. The molecule has 0 radical (unpaired) electrons. The summed E-state index contributed by atoms with van der Waals surface area (Å²) in [6, 6.07) is 31.5. The standard InChI is InChI=1S/C33H19FN4O3/c34-24-12-6-4-10-22(24)26-27-29(23-11-5-7-13-25(23)40-33(27)39)41-32-28(26)31-36-30(37-38(31)18-35-32)21-16-14-20(15-17-21)19-8-2-1-3-9-19/h1-18,26H. The maximum atomic E-state index is 15.4. The van der Waals surface area contributed by atoms with E-state index in [-0.39, 0.29) is 17.0 Å². The highest BCUT2D eigenvalue weighted by Gasteiger charge is 2.38. The molecule has 41 heavy (non-hydrogen) atoms. The largest absolute Gasteiger partial charge is 0.437 e. The van der Waals surface area contributed by atoms with Crippen molar-refractivity contribution in [3.63, 3.8) is 0 Å². The molecule has 0 N–H and O–H groups in total. The molecule has 7 aromatic rings. The molecule has 8 heteroatoms. The van der Waals surface area contributed by atoms with Crippen molar-refractivity contribution in [3.05, 3.63) is 142 Å². The first kappa shape index (κ1) is 23.3. The molecule has 0 fully saturated rings. The van der Waals surface area contributed by atoms with Gasteiger partial charge in [-0.25, -0.2) is 23.7 Å². The van der Waals surface area contributed by atoms with E-state index in [1.54, 1.807) is 36.4 Å². The highest BCUT2D eigenvalue weighted by Crippen LogP contribution is 2.49. The van der Waals surface area contributed by atoms with E-state index in [1.807, 2.05) is 48.5 Å². The number of fused-ring (bicyclic) bond motifs is 6. The number of benzene rings is 4. The Hall–Kier alpha value is -5.63. The summed E-state index contributed by atoms with van der Waals surface area (Å²) in [4.78, 5) is 22.8. The molecule has 3 aromatic heterocycles. The summed E-state index contributed by atoms with van der Waals surface area (Å²) >= 11 is 0. The Bertz CT molecular complexity index is 2170. The maximum Gasteiger partial charge on any atom is 0.344 e. The Balaban J connectivity index is 1.34. The van der Waals surface area contributed by atoms with Crippen molar-refractivity contribution >= 4 is 16.6 Å². The van der Waals surface area contributed by atoms with Crippen LogP contribution in [-0.2, 0) is 0 Å². The van der Waals surface area contributed by atoms with Crippen LogP contribution >= 0.6 is 0 Å². The first-order valence-corrected chi connectivity index (χ1v) is 13.0. The van der Waals surface area contributed by atoms with E-state index in [9.17, 15) is 4.79 Å². The van der Waals surface area contributed by atoms with Crippen molar-refractivity contribution in [2.75, 3.05) is 0 Å². The summed E-state index contributed by atoms with van der Waals surface area (Å²) in [6.45, 7) is 0. The van der Waals surface area contributed by atoms with Gasteiger partial charge in [0.25, 0.3) is 0 Å². The van der Waals surface area contributed by atoms with Gasteiger partial charge in [-0.2, -0.15) is 0 Å². The van der Waals surface area contributed by atoms with Crippen LogP contribution in [0.25, 0.3) is 39.1 Å². The molecule has 8 rings (SSSR count). The fourth-order valence-electron chi connectivity index (χ4n) is 5.51. The lowest BCUT2D eigenvalue weighted by Gasteiger charge is -2.27. The van der Waals surface area contributed by atoms with Gasteiger partial charge in [0.15, 0.2) is 17.2 Å². The van der Waals surface area contributed by atoms with Gasteiger partial charge >= 0.3 is 5.63 Å². The van der Waals surface area contributed by atoms with Crippen LogP contribution in [0.3, 0.4) is 0 Å². The predicted octanol–water partition coefficient (Wildman–Crippen LogP) is 6.99. The second-order valence-electron chi connectivity index (χ2n) is 9.80. The van der Waals surface area contributed by atoms with E-state index >= 15 is 4.39 Å². The van der Waals surface area contributed by atoms with Crippen LogP contribution in [0.15, 0.2) is 119 Å². The molecule has 1 atom stereocenters. The fourth-order valence-corrected chi connectivity index (χ4v) is 5.51. The van der Waals surface area contributed by atoms with Gasteiger partial charge in [0, 0.05) is 11.1 Å². The average Bonchev–Trinajstić information content (AvgIpc) is 3.46. The zero-order valence-corrected chi connectivity index (χ0v) is 21.4. The van der Waals surface area contributed by atoms with Crippen LogP contribution in [-0.4, -0.2) is 19.6 Å². The van der Waals surface area contributed by atoms with E-state index in [4.69, 9.17) is 14.1 Å². The fraction of sp³-hybridized carbons (Fsp3) is 0.0303. The lowest BCUT2D eigenvalue weighted by molar-refractivity contribution is 0.420. The van der Waals surface area contributed by atoms with Gasteiger partial charge in [0.05, 0.1) is 22.4 Å². The molecule has 7 nitrogen and oxygen atoms in total. The van der Waals surface area contributed by atoms with Crippen LogP contribution < -0.4 is 10.4 Å². The number of hydrogen-bond acceptors (Lipinski definition) is 6. The highest BCUT2D eigenvalue weighted by atomic mass is 19.1. The summed E-state index contributed by atoms with van der Waals surface area (Å²) in [6.07, 6.45) is 1.51. The summed E-state index contributed by atoms with van der Waals surface area (Å²) in [5.74, 6) is -0.367. The first-order valence-electron chi connectivity index (χ1n) is 13.0. The van der Waals surface area contributed by atoms with E-state index in [0.29, 0.717) is 33.8 Å². The normalized spacial score (nSPS) is 14.0. The molecular formula is C33H19FN4O3. The Morgan fingerprint density at radius 2 is 1.46 bits per heavy atom. The molecule has 0 aliphatic carbocycles. The van der Waals surface area contributed by atoms with Gasteiger partial charge in [-0.1, -0.05) is 84.9 Å². The molecule has 0 amide bonds. The molecule has 196 valence electrons. The Morgan fingerprint density at radius 1 is 0.756 bits per heavy atom. The minimum absolute atomic E-state index is 0.188. The number of halogens is 1. The van der Waals surface area contributed by atoms with Crippen molar-refractivity contribution in [1.82, 2.24) is 19.6 Å². The summed E-state index contributed by atoms with van der Waals surface area (Å²) in [5, 5.41) is 5.26. The second-order valence-corrected chi connectivity index (χ2v) is 9.80. The van der Waals surface area contributed by atoms with Crippen LogP contribution in [0.2, 0.25) is 0 Å². The number of nitrogens with zero attached hydrogens (tertiary/aromatic N) is 4. The third-order valence-electron chi connectivity index (χ3n) is 7.43. The minimum atomic E-state index is -0.885. The topological polar surface area (TPSA) is 82.5 Å². The molecule has 0 saturated heterocycles. The van der Waals surface area contributed by atoms with Crippen LogP contribution in [0.4, 0.5) is 4.39 Å². The van der Waals surface area contributed by atoms with E-state index in [0.717, 1.165) is 16.7 Å². The molecule has 1 aliphatic rings. The molecule has 1 unspecified atom stereocenters. The van der Waals surface area contributed by atoms with Crippen molar-refractivity contribution in [3.8, 4) is 34.1 Å². The molecule has 0 spiro atoms. The van der Waals surface area contributed by atoms with Crippen molar-refractivity contribution < 1.29 is 13.5 Å². The highest BCUT2D eigenvalue weighted by molar-refractivity contribution is 5.87. The number of ether oxygens (including phenoxy) is 1. The molecule has 4 aromatic carbocycles.